The number of aryl methyl sites for hydroxylation is 2. The molecule has 0 radical (unpaired) electrons. The van der Waals surface area contributed by atoms with Gasteiger partial charge in [0.25, 0.3) is 0 Å². The molecule has 2 atom stereocenters. The smallest absolute Gasteiger partial charge is 0.129 e. The van der Waals surface area contributed by atoms with Gasteiger partial charge in [-0.05, 0) is 50.5 Å². The van der Waals surface area contributed by atoms with E-state index in [1.165, 1.54) is 5.56 Å². The van der Waals surface area contributed by atoms with Crippen molar-refractivity contribution in [3.05, 3.63) is 58.8 Å². The van der Waals surface area contributed by atoms with Crippen LogP contribution in [0.2, 0.25) is 0 Å². The molecule has 3 aromatic rings. The van der Waals surface area contributed by atoms with Crippen LogP contribution < -0.4 is 9.47 Å². The fourth-order valence-corrected chi connectivity index (χ4v) is 5.42. The second-order valence-electron chi connectivity index (χ2n) is 9.44. The maximum absolute atomic E-state index is 11.1. The highest BCUT2D eigenvalue weighted by atomic mass is 16.5. The Kier molecular flexibility index (Phi) is 5.40. The van der Waals surface area contributed by atoms with Gasteiger partial charge in [-0.1, -0.05) is 12.1 Å². The molecule has 3 N–H and O–H groups in total. The number of H-pyrrole nitrogens is 1. The summed E-state index contributed by atoms with van der Waals surface area (Å²) < 4.78 is 11.8. The van der Waals surface area contributed by atoms with Crippen molar-refractivity contribution in [2.24, 2.45) is 0 Å². The number of β-amino-alcohol motifs (C(OH)–C–C–N with tert-alkyl or cyclic N) is 1. The minimum Gasteiger partial charge on any atom is -0.497 e. The van der Waals surface area contributed by atoms with Crippen molar-refractivity contribution in [2.75, 3.05) is 26.7 Å². The zero-order valence-electron chi connectivity index (χ0n) is 19.0. The van der Waals surface area contributed by atoms with E-state index in [1.807, 2.05) is 25.1 Å². The molecule has 2 aromatic carbocycles. The van der Waals surface area contributed by atoms with Crippen LogP contribution in [0.3, 0.4) is 0 Å². The van der Waals surface area contributed by atoms with Gasteiger partial charge in [0.05, 0.1) is 19.3 Å². The van der Waals surface area contributed by atoms with Crippen LogP contribution in [-0.2, 0) is 0 Å². The Morgan fingerprint density at radius 2 is 1.97 bits per heavy atom. The van der Waals surface area contributed by atoms with E-state index in [0.29, 0.717) is 13.0 Å². The number of rotatable bonds is 4. The Morgan fingerprint density at radius 3 is 2.72 bits per heavy atom. The number of ether oxygens (including phenoxy) is 2. The largest absolute Gasteiger partial charge is 0.497 e. The molecule has 32 heavy (non-hydrogen) atoms. The highest BCUT2D eigenvalue weighted by molar-refractivity contribution is 5.85. The molecule has 0 aliphatic carbocycles. The third-order valence-electron chi connectivity index (χ3n) is 7.19. The van der Waals surface area contributed by atoms with Gasteiger partial charge in [0, 0.05) is 59.8 Å². The first-order chi connectivity index (χ1) is 15.4. The lowest BCUT2D eigenvalue weighted by molar-refractivity contribution is -0.0588. The van der Waals surface area contributed by atoms with Crippen LogP contribution in [0.15, 0.2) is 36.4 Å². The molecule has 0 saturated carbocycles. The summed E-state index contributed by atoms with van der Waals surface area (Å²) in [5.41, 5.74) is 4.76. The van der Waals surface area contributed by atoms with Crippen molar-refractivity contribution in [1.82, 2.24) is 9.88 Å². The molecule has 0 bridgehead atoms. The van der Waals surface area contributed by atoms with E-state index in [4.69, 9.17) is 9.47 Å². The fraction of sp³-hybridized carbons (Fsp3) is 0.462. The number of methoxy groups -OCH3 is 1. The Morgan fingerprint density at radius 1 is 1.19 bits per heavy atom. The molecule has 3 heterocycles. The first-order valence-corrected chi connectivity index (χ1v) is 11.4. The average Bonchev–Trinajstić information content (AvgIpc) is 3.09. The summed E-state index contributed by atoms with van der Waals surface area (Å²) in [5.74, 6) is 1.46. The number of aliphatic hydroxyl groups excluding tert-OH is 2. The van der Waals surface area contributed by atoms with E-state index in [-0.39, 0.29) is 5.60 Å². The zero-order chi connectivity index (χ0) is 22.5. The molecule has 1 aromatic heterocycles. The average molecular weight is 437 g/mol. The standard InChI is InChI=1S/C26H32N2O4/c1-16-4-6-19-21(12-16)27-17(2)25(19)23(30)15-28-10-8-26(9-11-28)14-22(29)20-7-5-18(31-3)13-24(20)32-26/h4-7,12-13,22-23,27,29-30H,8-11,14-15H2,1-3H3. The van der Waals surface area contributed by atoms with Crippen LogP contribution in [0, 0.1) is 13.8 Å². The lowest BCUT2D eigenvalue weighted by atomic mass is 9.81. The van der Waals surface area contributed by atoms with Crippen LogP contribution in [0.1, 0.15) is 53.9 Å². The summed E-state index contributed by atoms with van der Waals surface area (Å²) in [6.07, 6.45) is 1.16. The number of aromatic nitrogens is 1. The third kappa shape index (κ3) is 3.76. The number of aromatic amines is 1. The number of fused-ring (bicyclic) bond motifs is 2. The predicted molar refractivity (Wildman–Crippen MR) is 124 cm³/mol. The lowest BCUT2D eigenvalue weighted by Gasteiger charge is -2.46. The van der Waals surface area contributed by atoms with Crippen LogP contribution in [0.5, 0.6) is 11.5 Å². The number of benzene rings is 2. The quantitative estimate of drug-likeness (QED) is 0.572. The lowest BCUT2D eigenvalue weighted by Crippen LogP contribution is -2.51. The second-order valence-corrected chi connectivity index (χ2v) is 9.44. The van der Waals surface area contributed by atoms with Gasteiger partial charge in [0.2, 0.25) is 0 Å². The van der Waals surface area contributed by atoms with Gasteiger partial charge >= 0.3 is 0 Å². The van der Waals surface area contributed by atoms with Crippen LogP contribution in [0.25, 0.3) is 10.9 Å². The van der Waals surface area contributed by atoms with Crippen LogP contribution in [-0.4, -0.2) is 52.4 Å². The predicted octanol–water partition coefficient (Wildman–Crippen LogP) is 4.18. The Bertz CT molecular complexity index is 1130. The Labute approximate surface area is 188 Å². The molecule has 2 unspecified atom stereocenters. The van der Waals surface area contributed by atoms with E-state index in [0.717, 1.165) is 65.2 Å². The zero-order valence-corrected chi connectivity index (χ0v) is 19.0. The van der Waals surface area contributed by atoms with Gasteiger partial charge in [0.15, 0.2) is 0 Å². The molecular weight excluding hydrogens is 404 g/mol. The SMILES string of the molecule is COc1ccc2c(c1)OC1(CCN(CC(O)c3c(C)[nH]c4cc(C)ccc34)CC1)CC2O. The van der Waals surface area contributed by atoms with E-state index < -0.39 is 12.2 Å². The van der Waals surface area contributed by atoms with Gasteiger partial charge in [-0.25, -0.2) is 0 Å². The molecule has 170 valence electrons. The monoisotopic (exact) mass is 436 g/mol. The van der Waals surface area contributed by atoms with Crippen molar-refractivity contribution >= 4 is 10.9 Å². The Balaban J connectivity index is 1.28. The maximum Gasteiger partial charge on any atom is 0.129 e. The van der Waals surface area contributed by atoms with Gasteiger partial charge in [-0.3, -0.25) is 0 Å². The maximum atomic E-state index is 11.1. The summed E-state index contributed by atoms with van der Waals surface area (Å²) in [7, 11) is 1.64. The molecule has 1 spiro atoms. The number of aliphatic hydroxyl groups is 2. The number of nitrogens with one attached hydrogen (secondary N) is 1. The molecular formula is C26H32N2O4. The molecule has 2 aliphatic heterocycles. The number of likely N-dealkylation sites (tertiary alicyclic amines) is 1. The van der Waals surface area contributed by atoms with Gasteiger partial charge in [-0.2, -0.15) is 0 Å². The first-order valence-electron chi connectivity index (χ1n) is 11.4. The van der Waals surface area contributed by atoms with Crippen molar-refractivity contribution in [2.45, 2.75) is 50.9 Å². The van der Waals surface area contributed by atoms with Crippen LogP contribution in [0.4, 0.5) is 0 Å². The molecule has 5 rings (SSSR count). The van der Waals surface area contributed by atoms with E-state index >= 15 is 0 Å². The molecule has 0 amide bonds. The molecule has 6 nitrogen and oxygen atoms in total. The fourth-order valence-electron chi connectivity index (χ4n) is 5.42. The second kappa shape index (κ2) is 8.10. The summed E-state index contributed by atoms with van der Waals surface area (Å²) >= 11 is 0. The van der Waals surface area contributed by atoms with Crippen molar-refractivity contribution in [1.29, 1.82) is 0 Å². The minimum atomic E-state index is -0.552. The summed E-state index contributed by atoms with van der Waals surface area (Å²) in [6, 6.07) is 11.9. The van der Waals surface area contributed by atoms with Gasteiger partial charge in [0.1, 0.15) is 17.1 Å². The highest BCUT2D eigenvalue weighted by Gasteiger charge is 2.43. The number of piperidine rings is 1. The van der Waals surface area contributed by atoms with Crippen molar-refractivity contribution < 1.29 is 19.7 Å². The number of hydrogen-bond donors (Lipinski definition) is 3. The number of hydrogen-bond acceptors (Lipinski definition) is 5. The third-order valence-corrected chi connectivity index (χ3v) is 7.19. The highest BCUT2D eigenvalue weighted by Crippen LogP contribution is 2.45. The molecule has 2 aliphatic rings. The van der Waals surface area contributed by atoms with Crippen molar-refractivity contribution in [3.8, 4) is 11.5 Å². The normalized spacial score (nSPS) is 21.3. The first kappa shape index (κ1) is 21.3. The van der Waals surface area contributed by atoms with E-state index in [1.54, 1.807) is 7.11 Å². The van der Waals surface area contributed by atoms with Gasteiger partial charge < -0.3 is 29.6 Å². The minimum absolute atomic E-state index is 0.367. The molecule has 1 fully saturated rings. The van der Waals surface area contributed by atoms with Crippen LogP contribution >= 0.6 is 0 Å². The number of nitrogens with zero attached hydrogens (tertiary/aromatic N) is 1. The molecule has 6 heteroatoms. The van der Waals surface area contributed by atoms with E-state index in [2.05, 4.69) is 35.0 Å². The van der Waals surface area contributed by atoms with Gasteiger partial charge in [-0.15, -0.1) is 0 Å². The Hall–Kier alpha value is -2.54. The molecule has 1 saturated heterocycles. The summed E-state index contributed by atoms with van der Waals surface area (Å²) in [6.45, 7) is 6.34. The summed E-state index contributed by atoms with van der Waals surface area (Å²) in [5, 5.41) is 22.9. The van der Waals surface area contributed by atoms with E-state index in [9.17, 15) is 10.2 Å². The summed E-state index contributed by atoms with van der Waals surface area (Å²) in [4.78, 5) is 5.72. The topological polar surface area (TPSA) is 78.0 Å². The van der Waals surface area contributed by atoms with Crippen molar-refractivity contribution in [3.63, 3.8) is 0 Å².